The summed E-state index contributed by atoms with van der Waals surface area (Å²) in [5, 5.41) is 0. The summed E-state index contributed by atoms with van der Waals surface area (Å²) in [6.07, 6.45) is 1.32. The molecular formula is C8H12FNO2. The first-order valence-corrected chi connectivity index (χ1v) is 4.04. The van der Waals surface area contributed by atoms with Crippen molar-refractivity contribution in [2.75, 3.05) is 7.11 Å². The monoisotopic (exact) mass is 173 g/mol. The Labute approximate surface area is 70.1 Å². The average Bonchev–Trinajstić information content (AvgIpc) is 1.94. The van der Waals surface area contributed by atoms with Crippen molar-refractivity contribution in [2.24, 2.45) is 11.1 Å². The zero-order valence-corrected chi connectivity index (χ0v) is 6.97. The van der Waals surface area contributed by atoms with E-state index >= 15 is 0 Å². The van der Waals surface area contributed by atoms with Gasteiger partial charge in [-0.3, -0.25) is 4.79 Å². The van der Waals surface area contributed by atoms with Crippen molar-refractivity contribution < 1.29 is 13.9 Å². The van der Waals surface area contributed by atoms with Gasteiger partial charge in [-0.1, -0.05) is 0 Å². The smallest absolute Gasteiger partial charge is 0.323 e. The molecule has 0 spiro atoms. The van der Waals surface area contributed by atoms with Gasteiger partial charge in [-0.15, -0.1) is 0 Å². The molecule has 0 aromatic rings. The highest BCUT2D eigenvalue weighted by atomic mass is 19.1. The van der Waals surface area contributed by atoms with Crippen LogP contribution >= 0.6 is 0 Å². The van der Waals surface area contributed by atoms with Gasteiger partial charge in [0.25, 0.3) is 0 Å². The second kappa shape index (κ2) is 1.99. The Morgan fingerprint density at radius 2 is 2.08 bits per heavy atom. The number of carbonyl (C=O) groups is 1. The molecule has 12 heavy (non-hydrogen) atoms. The SMILES string of the molecule is COC(=O)[C@H](N)C12CC(F)(C1)C2. The van der Waals surface area contributed by atoms with E-state index in [1.165, 1.54) is 7.11 Å². The summed E-state index contributed by atoms with van der Waals surface area (Å²) < 4.78 is 17.5. The molecule has 0 unspecified atom stereocenters. The van der Waals surface area contributed by atoms with Gasteiger partial charge in [0.1, 0.15) is 11.7 Å². The minimum absolute atomic E-state index is 0.262. The molecule has 0 amide bonds. The number of ether oxygens (including phenoxy) is 1. The second-order valence-corrected chi connectivity index (χ2v) is 4.04. The molecule has 3 saturated carbocycles. The molecule has 0 radical (unpaired) electrons. The molecule has 2 N–H and O–H groups in total. The van der Waals surface area contributed by atoms with Gasteiger partial charge >= 0.3 is 5.97 Å². The molecule has 4 heteroatoms. The predicted octanol–water partition coefficient (Wildman–Crippen LogP) is 0.379. The van der Waals surface area contributed by atoms with E-state index < -0.39 is 17.7 Å². The summed E-state index contributed by atoms with van der Waals surface area (Å²) in [6.45, 7) is 0. The van der Waals surface area contributed by atoms with Gasteiger partial charge in [0.2, 0.25) is 0 Å². The third-order valence-electron chi connectivity index (χ3n) is 3.12. The minimum Gasteiger partial charge on any atom is -0.468 e. The van der Waals surface area contributed by atoms with E-state index in [0.29, 0.717) is 19.3 Å². The lowest BCUT2D eigenvalue weighted by atomic mass is 9.40. The zero-order valence-electron chi connectivity index (χ0n) is 6.97. The Balaban J connectivity index is 1.99. The standard InChI is InChI=1S/C8H12FNO2/c1-12-6(11)5(10)7-2-8(9,3-7)4-7/h5H,2-4,10H2,1H3/t5-,7?,8?/m0/s1. The minimum atomic E-state index is -0.994. The molecule has 0 aromatic heterocycles. The summed E-state index contributed by atoms with van der Waals surface area (Å²) >= 11 is 0. The van der Waals surface area contributed by atoms with Gasteiger partial charge in [-0.05, 0) is 19.3 Å². The molecule has 3 aliphatic carbocycles. The van der Waals surface area contributed by atoms with E-state index in [9.17, 15) is 9.18 Å². The molecule has 0 heterocycles. The molecule has 1 atom stereocenters. The summed E-state index contributed by atoms with van der Waals surface area (Å²) in [4.78, 5) is 11.0. The van der Waals surface area contributed by atoms with Crippen molar-refractivity contribution in [3.63, 3.8) is 0 Å². The van der Waals surface area contributed by atoms with Crippen LogP contribution in [0.15, 0.2) is 0 Å². The molecule has 0 aromatic carbocycles. The van der Waals surface area contributed by atoms with Crippen LogP contribution in [0.5, 0.6) is 0 Å². The van der Waals surface area contributed by atoms with E-state index in [-0.39, 0.29) is 5.41 Å². The maximum atomic E-state index is 13.0. The number of hydrogen-bond acceptors (Lipinski definition) is 3. The molecule has 3 fully saturated rings. The van der Waals surface area contributed by atoms with Crippen LogP contribution in [0, 0.1) is 5.41 Å². The Kier molecular flexibility index (Phi) is 1.32. The maximum Gasteiger partial charge on any atom is 0.323 e. The quantitative estimate of drug-likeness (QED) is 0.614. The zero-order chi connectivity index (χ0) is 8.98. The van der Waals surface area contributed by atoms with Gasteiger partial charge in [0, 0.05) is 5.41 Å². The van der Waals surface area contributed by atoms with Crippen molar-refractivity contribution in [3.8, 4) is 0 Å². The molecule has 2 bridgehead atoms. The van der Waals surface area contributed by atoms with Gasteiger partial charge in [-0.2, -0.15) is 0 Å². The number of carbonyl (C=O) groups excluding carboxylic acids is 1. The van der Waals surface area contributed by atoms with Gasteiger partial charge in [0.15, 0.2) is 0 Å². The fraction of sp³-hybridized carbons (Fsp3) is 0.875. The first kappa shape index (κ1) is 7.98. The molecule has 3 nitrogen and oxygen atoms in total. The third-order valence-corrected chi connectivity index (χ3v) is 3.12. The van der Waals surface area contributed by atoms with E-state index in [1.807, 2.05) is 0 Å². The molecule has 0 aliphatic heterocycles. The normalized spacial score (nSPS) is 45.6. The number of hydrogen-bond donors (Lipinski definition) is 1. The lowest BCUT2D eigenvalue weighted by Crippen LogP contribution is -2.72. The maximum absolute atomic E-state index is 13.0. The lowest BCUT2D eigenvalue weighted by Gasteiger charge is -2.67. The molecule has 3 aliphatic rings. The van der Waals surface area contributed by atoms with Crippen molar-refractivity contribution in [3.05, 3.63) is 0 Å². The van der Waals surface area contributed by atoms with Crippen molar-refractivity contribution in [1.29, 1.82) is 0 Å². The molecular weight excluding hydrogens is 161 g/mol. The van der Waals surface area contributed by atoms with Crippen molar-refractivity contribution in [1.82, 2.24) is 0 Å². The fourth-order valence-corrected chi connectivity index (χ4v) is 2.44. The summed E-state index contributed by atoms with van der Waals surface area (Å²) in [7, 11) is 1.30. The van der Waals surface area contributed by atoms with Crippen LogP contribution in [0.2, 0.25) is 0 Å². The molecule has 3 rings (SSSR count). The first-order chi connectivity index (χ1) is 5.51. The van der Waals surface area contributed by atoms with Crippen LogP contribution in [0.4, 0.5) is 4.39 Å². The number of methoxy groups -OCH3 is 1. The van der Waals surface area contributed by atoms with E-state index in [1.54, 1.807) is 0 Å². The average molecular weight is 173 g/mol. The topological polar surface area (TPSA) is 52.3 Å². The summed E-state index contributed by atoms with van der Waals surface area (Å²) in [6, 6.07) is -0.625. The highest BCUT2D eigenvalue weighted by molar-refractivity contribution is 5.77. The van der Waals surface area contributed by atoms with Gasteiger partial charge < -0.3 is 10.5 Å². The molecule has 68 valence electrons. The van der Waals surface area contributed by atoms with Crippen molar-refractivity contribution >= 4 is 5.97 Å². The van der Waals surface area contributed by atoms with E-state index in [4.69, 9.17) is 5.73 Å². The van der Waals surface area contributed by atoms with Crippen LogP contribution in [-0.4, -0.2) is 24.8 Å². The number of esters is 1. The predicted molar refractivity (Wildman–Crippen MR) is 40.1 cm³/mol. The molecule has 0 saturated heterocycles. The van der Waals surface area contributed by atoms with Crippen LogP contribution in [-0.2, 0) is 9.53 Å². The Morgan fingerprint density at radius 3 is 2.42 bits per heavy atom. The van der Waals surface area contributed by atoms with Gasteiger partial charge in [0.05, 0.1) is 7.11 Å². The Hall–Kier alpha value is -0.640. The largest absolute Gasteiger partial charge is 0.468 e. The number of nitrogens with two attached hydrogens (primary N) is 1. The number of rotatable bonds is 2. The Morgan fingerprint density at radius 1 is 1.58 bits per heavy atom. The lowest BCUT2D eigenvalue weighted by molar-refractivity contribution is -0.227. The van der Waals surface area contributed by atoms with Crippen LogP contribution in [0.25, 0.3) is 0 Å². The number of halogens is 1. The highest BCUT2D eigenvalue weighted by Gasteiger charge is 2.72. The second-order valence-electron chi connectivity index (χ2n) is 4.04. The number of alkyl halides is 1. The van der Waals surface area contributed by atoms with E-state index in [0.717, 1.165) is 0 Å². The van der Waals surface area contributed by atoms with Crippen LogP contribution in [0.3, 0.4) is 0 Å². The highest BCUT2D eigenvalue weighted by Crippen LogP contribution is 2.70. The third kappa shape index (κ3) is 0.759. The summed E-state index contributed by atoms with van der Waals surface area (Å²) in [5.41, 5.74) is 4.37. The fourth-order valence-electron chi connectivity index (χ4n) is 2.44. The van der Waals surface area contributed by atoms with Crippen molar-refractivity contribution in [2.45, 2.75) is 31.0 Å². The van der Waals surface area contributed by atoms with Crippen LogP contribution < -0.4 is 5.73 Å². The van der Waals surface area contributed by atoms with Gasteiger partial charge in [-0.25, -0.2) is 4.39 Å². The first-order valence-electron chi connectivity index (χ1n) is 4.04. The van der Waals surface area contributed by atoms with E-state index in [2.05, 4.69) is 4.74 Å². The summed E-state index contributed by atoms with van der Waals surface area (Å²) in [5.74, 6) is -0.420. The Bertz CT molecular complexity index is 221. The van der Waals surface area contributed by atoms with Crippen LogP contribution in [0.1, 0.15) is 19.3 Å².